The summed E-state index contributed by atoms with van der Waals surface area (Å²) in [6.45, 7) is 4.24. The molecule has 0 heterocycles. The van der Waals surface area contributed by atoms with E-state index in [9.17, 15) is 18.0 Å². The summed E-state index contributed by atoms with van der Waals surface area (Å²) in [5.74, 6) is -5.07. The molecule has 1 rings (SSSR count). The second-order valence-electron chi connectivity index (χ2n) is 4.46. The number of benzene rings is 1. The highest BCUT2D eigenvalue weighted by molar-refractivity contribution is 5.94. The van der Waals surface area contributed by atoms with Crippen molar-refractivity contribution < 1.29 is 18.0 Å². The first-order chi connectivity index (χ1) is 8.90. The number of nitrogens with zero attached hydrogens (tertiary/aromatic N) is 1. The SMILES string of the molecule is CC(C)N(CCCN)C(=O)c1ccc(F)c(F)c1F. The van der Waals surface area contributed by atoms with E-state index in [4.69, 9.17) is 5.73 Å². The molecular weight excluding hydrogens is 257 g/mol. The Balaban J connectivity index is 3.06. The predicted molar refractivity (Wildman–Crippen MR) is 66.2 cm³/mol. The van der Waals surface area contributed by atoms with Crippen LogP contribution in [0.15, 0.2) is 12.1 Å². The molecule has 106 valence electrons. The number of hydrogen-bond donors (Lipinski definition) is 1. The highest BCUT2D eigenvalue weighted by atomic mass is 19.2. The number of nitrogens with two attached hydrogens (primary N) is 1. The summed E-state index contributed by atoms with van der Waals surface area (Å²) in [6.07, 6.45) is 0.551. The maximum Gasteiger partial charge on any atom is 0.257 e. The van der Waals surface area contributed by atoms with Gasteiger partial charge in [-0.3, -0.25) is 4.79 Å². The number of halogens is 3. The monoisotopic (exact) mass is 274 g/mol. The van der Waals surface area contributed by atoms with Crippen LogP contribution in [0.5, 0.6) is 0 Å². The fraction of sp³-hybridized carbons (Fsp3) is 0.462. The highest BCUT2D eigenvalue weighted by Crippen LogP contribution is 2.18. The Morgan fingerprint density at radius 3 is 2.42 bits per heavy atom. The van der Waals surface area contributed by atoms with E-state index in [0.29, 0.717) is 19.5 Å². The second kappa shape index (κ2) is 6.56. The molecular formula is C13H17F3N2O. The summed E-state index contributed by atoms with van der Waals surface area (Å²) >= 11 is 0. The van der Waals surface area contributed by atoms with Gasteiger partial charge >= 0.3 is 0 Å². The number of carbonyl (C=O) groups is 1. The smallest absolute Gasteiger partial charge is 0.257 e. The van der Waals surface area contributed by atoms with Gasteiger partial charge in [-0.15, -0.1) is 0 Å². The molecule has 0 aliphatic carbocycles. The zero-order valence-corrected chi connectivity index (χ0v) is 10.9. The number of hydrogen-bond acceptors (Lipinski definition) is 2. The van der Waals surface area contributed by atoms with Crippen LogP contribution in [-0.4, -0.2) is 29.9 Å². The van der Waals surface area contributed by atoms with Gasteiger partial charge in [0.05, 0.1) is 5.56 Å². The molecule has 0 aliphatic heterocycles. The Labute approximate surface area is 110 Å². The molecule has 0 atom stereocenters. The Bertz CT molecular complexity index is 463. The number of rotatable bonds is 5. The first kappa shape index (κ1) is 15.5. The van der Waals surface area contributed by atoms with Gasteiger partial charge in [0.15, 0.2) is 17.5 Å². The standard InChI is InChI=1S/C13H17F3N2O/c1-8(2)18(7-3-6-17)13(19)9-4-5-10(14)12(16)11(9)15/h4-5,8H,3,6-7,17H2,1-2H3. The van der Waals surface area contributed by atoms with E-state index < -0.39 is 28.9 Å². The van der Waals surface area contributed by atoms with Crippen molar-refractivity contribution in [3.63, 3.8) is 0 Å². The summed E-state index contributed by atoms with van der Waals surface area (Å²) in [5, 5.41) is 0. The Morgan fingerprint density at radius 1 is 1.26 bits per heavy atom. The average Bonchev–Trinajstić information content (AvgIpc) is 2.36. The normalized spacial score (nSPS) is 10.9. The second-order valence-corrected chi connectivity index (χ2v) is 4.46. The maximum atomic E-state index is 13.6. The molecule has 1 amide bonds. The fourth-order valence-corrected chi connectivity index (χ4v) is 1.70. The zero-order chi connectivity index (χ0) is 14.6. The first-order valence-electron chi connectivity index (χ1n) is 6.04. The molecule has 1 aromatic rings. The molecule has 3 nitrogen and oxygen atoms in total. The van der Waals surface area contributed by atoms with E-state index in [1.165, 1.54) is 4.90 Å². The molecule has 0 bridgehead atoms. The van der Waals surface area contributed by atoms with Gasteiger partial charge in [-0.05, 0) is 38.9 Å². The molecule has 0 unspecified atom stereocenters. The summed E-state index contributed by atoms with van der Waals surface area (Å²) < 4.78 is 39.5. The summed E-state index contributed by atoms with van der Waals surface area (Å²) in [5.41, 5.74) is 4.90. The van der Waals surface area contributed by atoms with E-state index in [1.807, 2.05) is 0 Å². The third-order valence-electron chi connectivity index (χ3n) is 2.75. The molecule has 1 aromatic carbocycles. The Kier molecular flexibility index (Phi) is 5.35. The van der Waals surface area contributed by atoms with Crippen molar-refractivity contribution in [2.45, 2.75) is 26.3 Å². The summed E-state index contributed by atoms with van der Waals surface area (Å²) in [7, 11) is 0. The number of carbonyl (C=O) groups excluding carboxylic acids is 1. The quantitative estimate of drug-likeness (QED) is 0.837. The van der Waals surface area contributed by atoms with Crippen LogP contribution in [0.25, 0.3) is 0 Å². The van der Waals surface area contributed by atoms with Crippen LogP contribution in [-0.2, 0) is 0 Å². The predicted octanol–water partition coefficient (Wildman–Crippen LogP) is 2.30. The lowest BCUT2D eigenvalue weighted by Gasteiger charge is -2.27. The van der Waals surface area contributed by atoms with E-state index in [-0.39, 0.29) is 6.04 Å². The largest absolute Gasteiger partial charge is 0.336 e. The third kappa shape index (κ3) is 3.47. The van der Waals surface area contributed by atoms with Crippen LogP contribution >= 0.6 is 0 Å². The van der Waals surface area contributed by atoms with E-state index in [0.717, 1.165) is 12.1 Å². The molecule has 6 heteroatoms. The maximum absolute atomic E-state index is 13.6. The lowest BCUT2D eigenvalue weighted by Crippen LogP contribution is -2.39. The van der Waals surface area contributed by atoms with Crippen LogP contribution in [0.1, 0.15) is 30.6 Å². The molecule has 0 saturated heterocycles. The highest BCUT2D eigenvalue weighted by Gasteiger charge is 2.24. The molecule has 0 spiro atoms. The molecule has 0 radical (unpaired) electrons. The first-order valence-corrected chi connectivity index (χ1v) is 6.04. The lowest BCUT2D eigenvalue weighted by molar-refractivity contribution is 0.0698. The molecule has 19 heavy (non-hydrogen) atoms. The van der Waals surface area contributed by atoms with Crippen LogP contribution in [0.3, 0.4) is 0 Å². The van der Waals surface area contributed by atoms with Crippen LogP contribution in [0.2, 0.25) is 0 Å². The summed E-state index contributed by atoms with van der Waals surface area (Å²) in [6, 6.07) is 1.51. The van der Waals surface area contributed by atoms with Gasteiger partial charge in [-0.25, -0.2) is 13.2 Å². The van der Waals surface area contributed by atoms with Crippen molar-refractivity contribution in [2.24, 2.45) is 5.73 Å². The minimum atomic E-state index is -1.63. The van der Waals surface area contributed by atoms with Gasteiger partial charge < -0.3 is 10.6 Å². The molecule has 0 fully saturated rings. The van der Waals surface area contributed by atoms with Crippen LogP contribution < -0.4 is 5.73 Å². The van der Waals surface area contributed by atoms with Crippen molar-refractivity contribution in [2.75, 3.05) is 13.1 Å². The molecule has 0 aromatic heterocycles. The van der Waals surface area contributed by atoms with Crippen molar-refractivity contribution in [3.05, 3.63) is 35.1 Å². The van der Waals surface area contributed by atoms with Crippen LogP contribution in [0, 0.1) is 17.5 Å². The zero-order valence-electron chi connectivity index (χ0n) is 10.9. The van der Waals surface area contributed by atoms with Gasteiger partial charge in [0.2, 0.25) is 0 Å². The minimum absolute atomic E-state index is 0.188. The lowest BCUT2D eigenvalue weighted by atomic mass is 10.1. The Hall–Kier alpha value is -1.56. The Morgan fingerprint density at radius 2 is 1.89 bits per heavy atom. The van der Waals surface area contributed by atoms with Crippen LogP contribution in [0.4, 0.5) is 13.2 Å². The van der Waals surface area contributed by atoms with Gasteiger partial charge in [-0.1, -0.05) is 0 Å². The third-order valence-corrected chi connectivity index (χ3v) is 2.75. The average molecular weight is 274 g/mol. The van der Waals surface area contributed by atoms with Crippen molar-refractivity contribution in [3.8, 4) is 0 Å². The van der Waals surface area contributed by atoms with Crippen molar-refractivity contribution >= 4 is 5.91 Å². The van der Waals surface area contributed by atoms with E-state index >= 15 is 0 Å². The molecule has 0 saturated carbocycles. The molecule has 0 aliphatic rings. The topological polar surface area (TPSA) is 46.3 Å². The minimum Gasteiger partial charge on any atom is -0.336 e. The van der Waals surface area contributed by atoms with Crippen molar-refractivity contribution in [1.29, 1.82) is 0 Å². The van der Waals surface area contributed by atoms with Gasteiger partial charge in [0.25, 0.3) is 5.91 Å². The fourth-order valence-electron chi connectivity index (χ4n) is 1.70. The van der Waals surface area contributed by atoms with E-state index in [2.05, 4.69) is 0 Å². The summed E-state index contributed by atoms with van der Waals surface area (Å²) in [4.78, 5) is 13.5. The van der Waals surface area contributed by atoms with E-state index in [1.54, 1.807) is 13.8 Å². The molecule has 2 N–H and O–H groups in total. The van der Waals surface area contributed by atoms with Gasteiger partial charge in [0.1, 0.15) is 0 Å². The van der Waals surface area contributed by atoms with Gasteiger partial charge in [0, 0.05) is 12.6 Å². The van der Waals surface area contributed by atoms with Gasteiger partial charge in [-0.2, -0.15) is 0 Å². The van der Waals surface area contributed by atoms with Crippen molar-refractivity contribution in [1.82, 2.24) is 4.90 Å². The number of amides is 1.